The molecule has 2 rings (SSSR count). The molecule has 130 valence electrons. The fourth-order valence-corrected chi connectivity index (χ4v) is 3.47. The number of carbonyl (C=O) groups is 1. The second kappa shape index (κ2) is 7.98. The zero-order valence-electron chi connectivity index (χ0n) is 14.3. The fourth-order valence-electron chi connectivity index (χ4n) is 2.82. The molecule has 5 nitrogen and oxygen atoms in total. The molecule has 24 heavy (non-hydrogen) atoms. The number of methoxy groups -OCH3 is 1. The molecule has 1 aliphatic heterocycles. The van der Waals surface area contributed by atoms with E-state index >= 15 is 0 Å². The summed E-state index contributed by atoms with van der Waals surface area (Å²) >= 11 is 8.79. The summed E-state index contributed by atoms with van der Waals surface area (Å²) in [5.74, 6) is 0.699. The molecule has 1 heterocycles. The normalized spacial score (nSPS) is 17.2. The predicted octanol–water partition coefficient (Wildman–Crippen LogP) is 3.12. The molecule has 1 atom stereocenters. The molecule has 0 saturated heterocycles. The van der Waals surface area contributed by atoms with E-state index in [0.29, 0.717) is 29.5 Å². The molecule has 1 aromatic rings. The van der Waals surface area contributed by atoms with Crippen molar-refractivity contribution in [2.75, 3.05) is 20.2 Å². The Morgan fingerprint density at radius 1 is 1.38 bits per heavy atom. The van der Waals surface area contributed by atoms with E-state index in [1.54, 1.807) is 12.0 Å². The Bertz CT molecular complexity index is 686. The van der Waals surface area contributed by atoms with Crippen molar-refractivity contribution in [3.8, 4) is 5.75 Å². The van der Waals surface area contributed by atoms with E-state index in [0.717, 1.165) is 15.7 Å². The largest absolute Gasteiger partial charge is 0.496 e. The molecule has 0 spiro atoms. The summed E-state index contributed by atoms with van der Waals surface area (Å²) in [5.41, 5.74) is 2.29. The Morgan fingerprint density at radius 3 is 2.62 bits per heavy atom. The van der Waals surface area contributed by atoms with Crippen LogP contribution in [0, 0.1) is 0 Å². The number of amides is 1. The molecule has 1 aliphatic rings. The number of allylic oxidation sites excluding steroid dienone is 1. The zero-order chi connectivity index (χ0) is 17.9. The summed E-state index contributed by atoms with van der Waals surface area (Å²) in [7, 11) is 1.62. The molecule has 0 aromatic heterocycles. The predicted molar refractivity (Wildman–Crippen MR) is 103 cm³/mol. The van der Waals surface area contributed by atoms with Gasteiger partial charge in [-0.15, -0.1) is 0 Å². The minimum absolute atomic E-state index is 0.00738. The molecule has 0 fully saturated rings. The number of carbonyl (C=O) groups excluding carboxylic acids is 1. The summed E-state index contributed by atoms with van der Waals surface area (Å²) in [6.07, 6.45) is 0. The third-order valence-corrected chi connectivity index (χ3v) is 4.77. The van der Waals surface area contributed by atoms with Gasteiger partial charge in [0.1, 0.15) is 5.75 Å². The molecule has 1 aromatic carbocycles. The van der Waals surface area contributed by atoms with E-state index in [2.05, 4.69) is 26.6 Å². The van der Waals surface area contributed by atoms with Gasteiger partial charge in [0, 0.05) is 28.8 Å². The van der Waals surface area contributed by atoms with Crippen LogP contribution in [0.15, 0.2) is 33.9 Å². The van der Waals surface area contributed by atoms with Crippen LogP contribution in [-0.4, -0.2) is 36.1 Å². The highest BCUT2D eigenvalue weighted by atomic mass is 79.9. The van der Waals surface area contributed by atoms with Crippen LogP contribution in [0.5, 0.6) is 5.75 Å². The lowest BCUT2D eigenvalue weighted by atomic mass is 9.93. The Balaban J connectivity index is 2.57. The van der Waals surface area contributed by atoms with Crippen molar-refractivity contribution in [3.63, 3.8) is 0 Å². The molecular weight excluding hydrogens is 390 g/mol. The molecule has 0 saturated carbocycles. The van der Waals surface area contributed by atoms with E-state index in [4.69, 9.17) is 17.0 Å². The fraction of sp³-hybridized carbons (Fsp3) is 0.412. The van der Waals surface area contributed by atoms with E-state index < -0.39 is 0 Å². The third kappa shape index (κ3) is 3.72. The van der Waals surface area contributed by atoms with Crippen LogP contribution in [0.1, 0.15) is 32.4 Å². The van der Waals surface area contributed by atoms with E-state index in [-0.39, 0.29) is 11.9 Å². The van der Waals surface area contributed by atoms with Crippen LogP contribution in [0.4, 0.5) is 0 Å². The van der Waals surface area contributed by atoms with Crippen LogP contribution in [0.2, 0.25) is 0 Å². The number of halogens is 1. The van der Waals surface area contributed by atoms with Crippen molar-refractivity contribution in [2.45, 2.75) is 26.8 Å². The summed E-state index contributed by atoms with van der Waals surface area (Å²) < 4.78 is 6.41. The number of hydrogen-bond donors (Lipinski definition) is 2. The quantitative estimate of drug-likeness (QED) is 0.728. The first kappa shape index (κ1) is 18.7. The highest BCUT2D eigenvalue weighted by molar-refractivity contribution is 9.10. The van der Waals surface area contributed by atoms with Gasteiger partial charge in [0.25, 0.3) is 5.91 Å². The number of thiocarbonyl (C=S) groups is 1. The van der Waals surface area contributed by atoms with Gasteiger partial charge in [-0.05, 0) is 51.2 Å². The van der Waals surface area contributed by atoms with Crippen LogP contribution in [-0.2, 0) is 4.79 Å². The number of hydrogen-bond acceptors (Lipinski definition) is 3. The van der Waals surface area contributed by atoms with Gasteiger partial charge in [-0.3, -0.25) is 4.79 Å². The molecule has 0 unspecified atom stereocenters. The Kier molecular flexibility index (Phi) is 6.23. The maximum Gasteiger partial charge on any atom is 0.253 e. The third-order valence-electron chi connectivity index (χ3n) is 4.05. The molecule has 2 N–H and O–H groups in total. The topological polar surface area (TPSA) is 53.6 Å². The minimum atomic E-state index is -0.362. The standard InChI is InChI=1S/C17H22BrN3O2S/c1-5-21(6-2)16(22)14-10(3)19-17(24)20-15(14)12-9-11(18)7-8-13(12)23-4/h7-9,15H,5-6H2,1-4H3,(H2,19,20,24)/t15-/m0/s1. The Morgan fingerprint density at radius 2 is 2.04 bits per heavy atom. The van der Waals surface area contributed by atoms with Gasteiger partial charge in [-0.2, -0.15) is 0 Å². The number of ether oxygens (including phenoxy) is 1. The number of benzene rings is 1. The average molecular weight is 412 g/mol. The maximum absolute atomic E-state index is 13.0. The van der Waals surface area contributed by atoms with Gasteiger partial charge in [0.05, 0.1) is 18.7 Å². The number of nitrogens with one attached hydrogen (secondary N) is 2. The highest BCUT2D eigenvalue weighted by Gasteiger charge is 2.33. The lowest BCUT2D eigenvalue weighted by Gasteiger charge is -2.33. The lowest BCUT2D eigenvalue weighted by Crippen LogP contribution is -2.47. The van der Waals surface area contributed by atoms with Crippen LogP contribution < -0.4 is 15.4 Å². The summed E-state index contributed by atoms with van der Waals surface area (Å²) in [6.45, 7) is 7.12. The van der Waals surface area contributed by atoms with Crippen LogP contribution in [0.3, 0.4) is 0 Å². The first-order valence-electron chi connectivity index (χ1n) is 7.83. The lowest BCUT2D eigenvalue weighted by molar-refractivity contribution is -0.127. The van der Waals surface area contributed by atoms with Crippen molar-refractivity contribution in [2.24, 2.45) is 0 Å². The molecule has 0 aliphatic carbocycles. The summed E-state index contributed by atoms with van der Waals surface area (Å²) in [5, 5.41) is 6.77. The van der Waals surface area contributed by atoms with Crippen LogP contribution in [0.25, 0.3) is 0 Å². The van der Waals surface area contributed by atoms with Gasteiger partial charge in [-0.25, -0.2) is 0 Å². The number of likely N-dealkylation sites (N-methyl/N-ethyl adjacent to an activating group) is 1. The molecule has 1 amide bonds. The first-order valence-corrected chi connectivity index (χ1v) is 9.04. The average Bonchev–Trinajstić information content (AvgIpc) is 2.55. The summed E-state index contributed by atoms with van der Waals surface area (Å²) in [6, 6.07) is 5.37. The van der Waals surface area contributed by atoms with E-state index in [1.807, 2.05) is 39.0 Å². The number of nitrogens with zero attached hydrogens (tertiary/aromatic N) is 1. The van der Waals surface area contributed by atoms with Gasteiger partial charge in [-0.1, -0.05) is 15.9 Å². The second-order valence-corrected chi connectivity index (χ2v) is 6.76. The van der Waals surface area contributed by atoms with E-state index in [9.17, 15) is 4.79 Å². The Labute approximate surface area is 156 Å². The smallest absolute Gasteiger partial charge is 0.253 e. The van der Waals surface area contributed by atoms with Gasteiger partial charge < -0.3 is 20.3 Å². The highest BCUT2D eigenvalue weighted by Crippen LogP contribution is 2.35. The summed E-state index contributed by atoms with van der Waals surface area (Å²) in [4.78, 5) is 14.8. The van der Waals surface area contributed by atoms with Gasteiger partial charge in [0.2, 0.25) is 0 Å². The SMILES string of the molecule is CCN(CC)C(=O)C1=C(C)NC(=S)N[C@H]1c1cc(Br)ccc1OC. The second-order valence-electron chi connectivity index (χ2n) is 5.43. The van der Waals surface area contributed by atoms with Crippen molar-refractivity contribution < 1.29 is 9.53 Å². The minimum Gasteiger partial charge on any atom is -0.496 e. The maximum atomic E-state index is 13.0. The molecule has 0 radical (unpaired) electrons. The zero-order valence-corrected chi connectivity index (χ0v) is 16.7. The molecule has 7 heteroatoms. The van der Waals surface area contributed by atoms with Crippen molar-refractivity contribution >= 4 is 39.2 Å². The first-order chi connectivity index (χ1) is 11.4. The molecular formula is C17H22BrN3O2S. The van der Waals surface area contributed by atoms with Gasteiger partial charge in [0.15, 0.2) is 5.11 Å². The van der Waals surface area contributed by atoms with E-state index in [1.165, 1.54) is 0 Å². The van der Waals surface area contributed by atoms with Gasteiger partial charge >= 0.3 is 0 Å². The van der Waals surface area contributed by atoms with Crippen molar-refractivity contribution in [1.82, 2.24) is 15.5 Å². The van der Waals surface area contributed by atoms with Crippen molar-refractivity contribution in [3.05, 3.63) is 39.5 Å². The molecule has 0 bridgehead atoms. The van der Waals surface area contributed by atoms with Crippen molar-refractivity contribution in [1.29, 1.82) is 0 Å². The monoisotopic (exact) mass is 411 g/mol. The van der Waals surface area contributed by atoms with Crippen LogP contribution >= 0.6 is 28.1 Å². The Hall–Kier alpha value is -1.60. The number of rotatable bonds is 5.